The van der Waals surface area contributed by atoms with Gasteiger partial charge in [-0.1, -0.05) is 0 Å². The van der Waals surface area contributed by atoms with Crippen LogP contribution in [0.4, 0.5) is 4.39 Å². The SMILES string of the molecule is CC(Cl)c1nc2ccc(F)cc2n1CC1CCOCC1. The van der Waals surface area contributed by atoms with Gasteiger partial charge in [0, 0.05) is 19.8 Å². The summed E-state index contributed by atoms with van der Waals surface area (Å²) in [7, 11) is 0. The summed E-state index contributed by atoms with van der Waals surface area (Å²) in [5.74, 6) is 1.12. The molecule has 1 fully saturated rings. The number of hydrogen-bond donors (Lipinski definition) is 0. The first-order chi connectivity index (χ1) is 9.65. The minimum absolute atomic E-state index is 0.190. The van der Waals surface area contributed by atoms with Crippen LogP contribution in [0.3, 0.4) is 0 Å². The van der Waals surface area contributed by atoms with Gasteiger partial charge in [0.15, 0.2) is 0 Å². The van der Waals surface area contributed by atoms with E-state index in [2.05, 4.69) is 9.55 Å². The van der Waals surface area contributed by atoms with Gasteiger partial charge in [-0.3, -0.25) is 0 Å². The molecule has 3 nitrogen and oxygen atoms in total. The van der Waals surface area contributed by atoms with Gasteiger partial charge >= 0.3 is 0 Å². The Bertz CT molecular complexity index is 605. The van der Waals surface area contributed by atoms with Gasteiger partial charge in [0.1, 0.15) is 11.6 Å². The topological polar surface area (TPSA) is 27.1 Å². The molecule has 3 rings (SSSR count). The second kappa shape index (κ2) is 5.70. The van der Waals surface area contributed by atoms with Gasteiger partial charge in [-0.15, -0.1) is 11.6 Å². The van der Waals surface area contributed by atoms with E-state index in [9.17, 15) is 4.39 Å². The summed E-state index contributed by atoms with van der Waals surface area (Å²) >= 11 is 6.24. The molecule has 1 aromatic carbocycles. The summed E-state index contributed by atoms with van der Waals surface area (Å²) in [6.45, 7) is 4.34. The Balaban J connectivity index is 2.01. The molecule has 2 aromatic rings. The molecule has 108 valence electrons. The summed E-state index contributed by atoms with van der Waals surface area (Å²) in [6, 6.07) is 4.70. The first-order valence-corrected chi connectivity index (χ1v) is 7.46. The van der Waals surface area contributed by atoms with Gasteiger partial charge in [0.25, 0.3) is 0 Å². The van der Waals surface area contributed by atoms with Crippen molar-refractivity contribution in [1.82, 2.24) is 9.55 Å². The molecule has 0 saturated carbocycles. The summed E-state index contributed by atoms with van der Waals surface area (Å²) in [5.41, 5.74) is 1.64. The Labute approximate surface area is 122 Å². The molecule has 1 unspecified atom stereocenters. The zero-order chi connectivity index (χ0) is 14.1. The predicted octanol–water partition coefficient (Wildman–Crippen LogP) is 3.90. The fourth-order valence-electron chi connectivity index (χ4n) is 2.80. The van der Waals surface area contributed by atoms with Gasteiger partial charge in [0.2, 0.25) is 0 Å². The number of hydrogen-bond acceptors (Lipinski definition) is 2. The van der Waals surface area contributed by atoms with Crippen molar-refractivity contribution in [3.8, 4) is 0 Å². The van der Waals surface area contributed by atoms with Gasteiger partial charge in [0.05, 0.1) is 16.4 Å². The number of ether oxygens (including phenoxy) is 1. The lowest BCUT2D eigenvalue weighted by Crippen LogP contribution is -2.21. The molecule has 5 heteroatoms. The molecule has 0 amide bonds. The first kappa shape index (κ1) is 13.8. The fraction of sp³-hybridized carbons (Fsp3) is 0.533. The van der Waals surface area contributed by atoms with Crippen molar-refractivity contribution in [1.29, 1.82) is 0 Å². The van der Waals surface area contributed by atoms with E-state index in [1.165, 1.54) is 6.07 Å². The fourth-order valence-corrected chi connectivity index (χ4v) is 2.96. The van der Waals surface area contributed by atoms with Crippen molar-refractivity contribution < 1.29 is 9.13 Å². The van der Waals surface area contributed by atoms with Crippen LogP contribution in [0.2, 0.25) is 0 Å². The normalized spacial score (nSPS) is 18.6. The lowest BCUT2D eigenvalue weighted by molar-refractivity contribution is 0.0613. The van der Waals surface area contributed by atoms with E-state index in [0.717, 1.165) is 49.5 Å². The Morgan fingerprint density at radius 3 is 2.90 bits per heavy atom. The highest BCUT2D eigenvalue weighted by Gasteiger charge is 2.20. The van der Waals surface area contributed by atoms with Crippen molar-refractivity contribution in [3.63, 3.8) is 0 Å². The second-order valence-electron chi connectivity index (χ2n) is 5.39. The van der Waals surface area contributed by atoms with Crippen molar-refractivity contribution in [2.45, 2.75) is 31.7 Å². The molecule has 0 N–H and O–H groups in total. The zero-order valence-electron chi connectivity index (χ0n) is 11.5. The average molecular weight is 297 g/mol. The molecule has 20 heavy (non-hydrogen) atoms. The zero-order valence-corrected chi connectivity index (χ0v) is 12.2. The van der Waals surface area contributed by atoms with Crippen LogP contribution in [0.5, 0.6) is 0 Å². The van der Waals surface area contributed by atoms with Crippen LogP contribution in [-0.2, 0) is 11.3 Å². The maximum absolute atomic E-state index is 13.5. The number of nitrogens with zero attached hydrogens (tertiary/aromatic N) is 2. The molecule has 0 bridgehead atoms. The van der Waals surface area contributed by atoms with E-state index in [-0.39, 0.29) is 11.2 Å². The molecule has 2 heterocycles. The summed E-state index contributed by atoms with van der Waals surface area (Å²) in [5, 5.41) is -0.190. The summed E-state index contributed by atoms with van der Waals surface area (Å²) in [4.78, 5) is 4.55. The van der Waals surface area contributed by atoms with Gasteiger partial charge in [-0.25, -0.2) is 9.37 Å². The number of benzene rings is 1. The monoisotopic (exact) mass is 296 g/mol. The summed E-state index contributed by atoms with van der Waals surface area (Å²) in [6.07, 6.45) is 2.07. The number of halogens is 2. The predicted molar refractivity (Wildman–Crippen MR) is 77.5 cm³/mol. The number of fused-ring (bicyclic) bond motifs is 1. The average Bonchev–Trinajstić information content (AvgIpc) is 2.78. The largest absolute Gasteiger partial charge is 0.381 e. The Kier molecular flexibility index (Phi) is 3.94. The third kappa shape index (κ3) is 2.67. The quantitative estimate of drug-likeness (QED) is 0.803. The standard InChI is InChI=1S/C15H18ClFN2O/c1-10(16)15-18-13-3-2-12(17)8-14(13)19(15)9-11-4-6-20-7-5-11/h2-3,8,10-11H,4-7,9H2,1H3. The van der Waals surface area contributed by atoms with Crippen LogP contribution in [0, 0.1) is 11.7 Å². The van der Waals surface area contributed by atoms with Gasteiger partial charge in [-0.2, -0.15) is 0 Å². The third-order valence-corrected chi connectivity index (χ3v) is 4.07. The smallest absolute Gasteiger partial charge is 0.127 e. The van der Waals surface area contributed by atoms with Crippen molar-refractivity contribution in [2.75, 3.05) is 13.2 Å². The molecular weight excluding hydrogens is 279 g/mol. The van der Waals surface area contributed by atoms with Crippen LogP contribution in [0.1, 0.15) is 31.0 Å². The van der Waals surface area contributed by atoms with E-state index >= 15 is 0 Å². The molecule has 1 aliphatic heterocycles. The highest BCUT2D eigenvalue weighted by atomic mass is 35.5. The van der Waals surface area contributed by atoms with E-state index in [1.54, 1.807) is 12.1 Å². The number of aromatic nitrogens is 2. The number of alkyl halides is 1. The van der Waals surface area contributed by atoms with E-state index in [4.69, 9.17) is 16.3 Å². The Morgan fingerprint density at radius 2 is 2.20 bits per heavy atom. The Hall–Kier alpha value is -1.13. The van der Waals surface area contributed by atoms with Crippen molar-refractivity contribution >= 4 is 22.6 Å². The first-order valence-electron chi connectivity index (χ1n) is 7.02. The maximum atomic E-state index is 13.5. The minimum Gasteiger partial charge on any atom is -0.381 e. The second-order valence-corrected chi connectivity index (χ2v) is 6.04. The number of rotatable bonds is 3. The molecular formula is C15H18ClFN2O. The van der Waals surface area contributed by atoms with Crippen LogP contribution >= 0.6 is 11.6 Å². The third-order valence-electron chi connectivity index (χ3n) is 3.88. The highest BCUT2D eigenvalue weighted by molar-refractivity contribution is 6.20. The molecule has 1 saturated heterocycles. The van der Waals surface area contributed by atoms with Crippen LogP contribution in [-0.4, -0.2) is 22.8 Å². The molecule has 0 radical (unpaired) electrons. The summed E-state index contributed by atoms with van der Waals surface area (Å²) < 4.78 is 21.0. The highest BCUT2D eigenvalue weighted by Crippen LogP contribution is 2.28. The Morgan fingerprint density at radius 1 is 1.45 bits per heavy atom. The maximum Gasteiger partial charge on any atom is 0.127 e. The van der Waals surface area contributed by atoms with E-state index < -0.39 is 0 Å². The van der Waals surface area contributed by atoms with Crippen LogP contribution in [0.25, 0.3) is 11.0 Å². The lowest BCUT2D eigenvalue weighted by atomic mass is 10.0. The van der Waals surface area contributed by atoms with E-state index in [1.807, 2.05) is 6.92 Å². The van der Waals surface area contributed by atoms with Gasteiger partial charge in [-0.05, 0) is 43.9 Å². The van der Waals surface area contributed by atoms with Gasteiger partial charge < -0.3 is 9.30 Å². The lowest BCUT2D eigenvalue weighted by Gasteiger charge is -2.23. The van der Waals surface area contributed by atoms with Crippen molar-refractivity contribution in [3.05, 3.63) is 29.8 Å². The number of imidazole rings is 1. The van der Waals surface area contributed by atoms with Crippen molar-refractivity contribution in [2.24, 2.45) is 5.92 Å². The van der Waals surface area contributed by atoms with Crippen LogP contribution in [0.15, 0.2) is 18.2 Å². The van der Waals surface area contributed by atoms with E-state index in [0.29, 0.717) is 5.92 Å². The molecule has 0 spiro atoms. The minimum atomic E-state index is -0.237. The molecule has 1 aromatic heterocycles. The molecule has 1 aliphatic rings. The molecule has 0 aliphatic carbocycles. The van der Waals surface area contributed by atoms with Crippen LogP contribution < -0.4 is 0 Å². The molecule has 1 atom stereocenters.